The Labute approximate surface area is 206 Å². The Balaban J connectivity index is 1.55. The van der Waals surface area contributed by atoms with E-state index in [-0.39, 0.29) is 17.3 Å². The van der Waals surface area contributed by atoms with Crippen molar-refractivity contribution in [3.8, 4) is 11.4 Å². The lowest BCUT2D eigenvalue weighted by Crippen LogP contribution is -2.44. The molecule has 2 heterocycles. The van der Waals surface area contributed by atoms with Crippen molar-refractivity contribution in [2.24, 2.45) is 0 Å². The van der Waals surface area contributed by atoms with E-state index in [0.717, 1.165) is 37.1 Å². The van der Waals surface area contributed by atoms with Crippen LogP contribution in [0.15, 0.2) is 30.3 Å². The molecule has 1 aromatic carbocycles. The number of carbonyl (C=O) groups excluding carboxylic acids is 1. The number of benzene rings is 1. The second-order valence-electron chi connectivity index (χ2n) is 9.78. The molecular formula is C25H33N5O4S. The number of carbonyl (C=O) groups is 1. The molecule has 0 unspecified atom stereocenters. The van der Waals surface area contributed by atoms with Crippen molar-refractivity contribution in [1.82, 2.24) is 15.3 Å². The molecule has 2 saturated carbocycles. The summed E-state index contributed by atoms with van der Waals surface area (Å²) < 4.78 is 32.2. The lowest BCUT2D eigenvalue weighted by Gasteiger charge is -2.35. The largest absolute Gasteiger partial charge is 0.377 e. The summed E-state index contributed by atoms with van der Waals surface area (Å²) in [6.07, 6.45) is 4.65. The van der Waals surface area contributed by atoms with Gasteiger partial charge in [0.25, 0.3) is 0 Å². The Morgan fingerprint density at radius 2 is 1.86 bits per heavy atom. The van der Waals surface area contributed by atoms with Crippen molar-refractivity contribution in [2.45, 2.75) is 61.5 Å². The highest BCUT2D eigenvalue weighted by Crippen LogP contribution is 2.55. The average molecular weight is 500 g/mol. The van der Waals surface area contributed by atoms with E-state index in [9.17, 15) is 13.2 Å². The summed E-state index contributed by atoms with van der Waals surface area (Å²) in [7, 11) is -1.79. The smallest absolute Gasteiger partial charge is 0.318 e. The number of anilines is 2. The Kier molecular flexibility index (Phi) is 6.43. The van der Waals surface area contributed by atoms with Crippen LogP contribution < -0.4 is 15.5 Å². The van der Waals surface area contributed by atoms with Gasteiger partial charge in [-0.25, -0.2) is 23.2 Å². The van der Waals surface area contributed by atoms with Gasteiger partial charge in [0, 0.05) is 30.9 Å². The van der Waals surface area contributed by atoms with Crippen molar-refractivity contribution in [3.63, 3.8) is 0 Å². The first-order valence-electron chi connectivity index (χ1n) is 12.4. The van der Waals surface area contributed by atoms with E-state index in [0.29, 0.717) is 49.8 Å². The van der Waals surface area contributed by atoms with E-state index in [1.165, 1.54) is 0 Å². The molecule has 2 aliphatic carbocycles. The molecule has 2 amide bonds. The van der Waals surface area contributed by atoms with Crippen LogP contribution in [0.5, 0.6) is 0 Å². The van der Waals surface area contributed by atoms with E-state index in [2.05, 4.69) is 22.5 Å². The first-order valence-corrected chi connectivity index (χ1v) is 14.0. The maximum Gasteiger partial charge on any atom is 0.318 e. The molecule has 3 fully saturated rings. The molecule has 35 heavy (non-hydrogen) atoms. The molecule has 2 aromatic rings. The van der Waals surface area contributed by atoms with Gasteiger partial charge in [0.05, 0.1) is 30.2 Å². The number of amides is 2. The van der Waals surface area contributed by atoms with Gasteiger partial charge in [0.15, 0.2) is 15.7 Å². The highest BCUT2D eigenvalue weighted by Gasteiger charge is 2.59. The molecule has 0 radical (unpaired) electrons. The maximum atomic E-state index is 13.8. The quantitative estimate of drug-likeness (QED) is 0.626. The monoisotopic (exact) mass is 499 g/mol. The zero-order valence-electron chi connectivity index (χ0n) is 20.3. The fourth-order valence-corrected chi connectivity index (χ4v) is 7.88. The Morgan fingerprint density at radius 1 is 1.14 bits per heavy atom. The molecule has 5 rings (SSSR count). The number of urea groups is 1. The van der Waals surface area contributed by atoms with Crippen LogP contribution in [0.1, 0.15) is 51.1 Å². The lowest BCUT2D eigenvalue weighted by molar-refractivity contribution is 0.0985. The number of hydrogen-bond acceptors (Lipinski definition) is 7. The van der Waals surface area contributed by atoms with Gasteiger partial charge in [-0.3, -0.25) is 0 Å². The number of ether oxygens (including phenoxy) is 1. The van der Waals surface area contributed by atoms with Gasteiger partial charge < -0.3 is 20.3 Å². The topological polar surface area (TPSA) is 114 Å². The third kappa shape index (κ3) is 4.49. The molecule has 3 aliphatic rings. The molecule has 9 nitrogen and oxygen atoms in total. The van der Waals surface area contributed by atoms with Crippen molar-refractivity contribution in [2.75, 3.05) is 37.0 Å². The lowest BCUT2D eigenvalue weighted by atomic mass is 10.1. The summed E-state index contributed by atoms with van der Waals surface area (Å²) in [6.45, 7) is 3.97. The summed E-state index contributed by atoms with van der Waals surface area (Å²) in [5.74, 6) is 1.23. The summed E-state index contributed by atoms with van der Waals surface area (Å²) in [5, 5.41) is 5.00. The maximum absolute atomic E-state index is 13.8. The third-order valence-corrected chi connectivity index (χ3v) is 10.5. The second-order valence-corrected chi connectivity index (χ2v) is 12.3. The van der Waals surface area contributed by atoms with Gasteiger partial charge in [0.1, 0.15) is 10.6 Å². The van der Waals surface area contributed by atoms with Crippen LogP contribution in [0.25, 0.3) is 11.4 Å². The van der Waals surface area contributed by atoms with Crippen LogP contribution >= 0.6 is 0 Å². The number of sulfone groups is 1. The Morgan fingerprint density at radius 3 is 2.49 bits per heavy atom. The fourth-order valence-electron chi connectivity index (χ4n) is 5.23. The van der Waals surface area contributed by atoms with Crippen molar-refractivity contribution in [1.29, 1.82) is 0 Å². The minimum absolute atomic E-state index is 0.125. The van der Waals surface area contributed by atoms with Crippen LogP contribution in [0.3, 0.4) is 0 Å². The van der Waals surface area contributed by atoms with Gasteiger partial charge in [-0.15, -0.1) is 0 Å². The number of rotatable bonds is 6. The van der Waals surface area contributed by atoms with Gasteiger partial charge in [-0.2, -0.15) is 0 Å². The van der Waals surface area contributed by atoms with Gasteiger partial charge in [0.2, 0.25) is 0 Å². The first kappa shape index (κ1) is 24.0. The van der Waals surface area contributed by atoms with Crippen LogP contribution in [-0.2, 0) is 19.3 Å². The predicted molar refractivity (Wildman–Crippen MR) is 135 cm³/mol. The van der Waals surface area contributed by atoms with Gasteiger partial charge in [-0.05, 0) is 56.9 Å². The molecule has 1 aliphatic heterocycles. The first-order chi connectivity index (χ1) is 16.8. The summed E-state index contributed by atoms with van der Waals surface area (Å²) in [4.78, 5) is 23.5. The second kappa shape index (κ2) is 9.39. The molecule has 1 saturated heterocycles. The molecule has 1 aromatic heterocycles. The Bertz CT molecular complexity index is 1190. The summed E-state index contributed by atoms with van der Waals surface area (Å²) in [6, 6.07) is 9.00. The normalized spacial score (nSPS) is 22.1. The molecule has 1 atom stereocenters. The highest BCUT2D eigenvalue weighted by molar-refractivity contribution is 7.93. The van der Waals surface area contributed by atoms with Crippen molar-refractivity contribution >= 4 is 27.4 Å². The van der Waals surface area contributed by atoms with Crippen LogP contribution in [0, 0.1) is 0 Å². The van der Waals surface area contributed by atoms with E-state index >= 15 is 0 Å². The van der Waals surface area contributed by atoms with E-state index < -0.39 is 14.6 Å². The zero-order chi connectivity index (χ0) is 24.6. The van der Waals surface area contributed by atoms with Crippen LogP contribution in [-0.4, -0.2) is 62.5 Å². The molecular weight excluding hydrogens is 466 g/mol. The third-order valence-electron chi connectivity index (χ3n) is 7.46. The fraction of sp³-hybridized carbons (Fsp3) is 0.560. The molecule has 10 heteroatoms. The predicted octanol–water partition coefficient (Wildman–Crippen LogP) is 3.47. The van der Waals surface area contributed by atoms with E-state index in [1.807, 2.05) is 18.2 Å². The Hall–Kier alpha value is -2.72. The SMILES string of the molecule is CNC(=O)Nc1ccc(-c2nc(N3CCOC[C@@H]3C)cc(C3(S(=O)(=O)C4CCCC4)CC3)n2)cc1. The summed E-state index contributed by atoms with van der Waals surface area (Å²) >= 11 is 0. The minimum atomic E-state index is -3.35. The van der Waals surface area contributed by atoms with Gasteiger partial charge in [-0.1, -0.05) is 12.8 Å². The number of nitrogens with one attached hydrogen (secondary N) is 2. The van der Waals surface area contributed by atoms with Crippen molar-refractivity contribution < 1.29 is 17.9 Å². The van der Waals surface area contributed by atoms with Crippen LogP contribution in [0.4, 0.5) is 16.3 Å². The highest BCUT2D eigenvalue weighted by atomic mass is 32.2. The standard InChI is InChI=1S/C25H33N5O4S/c1-17-16-34-14-13-30(17)22-15-21(25(11-12-25)35(32,33)20-5-3-4-6-20)28-23(29-22)18-7-9-19(10-8-18)27-24(31)26-2/h7-10,15,17,20H,3-6,11-14,16H2,1-2H3,(H2,26,27,31)/t17-/m0/s1. The molecule has 2 N–H and O–H groups in total. The molecule has 0 bridgehead atoms. The van der Waals surface area contributed by atoms with E-state index in [1.54, 1.807) is 19.2 Å². The van der Waals surface area contributed by atoms with Crippen LogP contribution in [0.2, 0.25) is 0 Å². The minimum Gasteiger partial charge on any atom is -0.377 e. The summed E-state index contributed by atoms with van der Waals surface area (Å²) in [5.41, 5.74) is 2.02. The molecule has 188 valence electrons. The number of aromatic nitrogens is 2. The van der Waals surface area contributed by atoms with E-state index in [4.69, 9.17) is 14.7 Å². The van der Waals surface area contributed by atoms with Crippen molar-refractivity contribution in [3.05, 3.63) is 36.0 Å². The number of hydrogen-bond donors (Lipinski definition) is 2. The van der Waals surface area contributed by atoms with Gasteiger partial charge >= 0.3 is 6.03 Å². The zero-order valence-corrected chi connectivity index (χ0v) is 21.1. The molecule has 0 spiro atoms. The number of nitrogens with zero attached hydrogens (tertiary/aromatic N) is 3. The average Bonchev–Trinajstić information content (AvgIpc) is 3.51. The number of morpholine rings is 1.